The van der Waals surface area contributed by atoms with E-state index in [1.165, 1.54) is 10.6 Å². The smallest absolute Gasteiger partial charge is 0.211 e. The number of hydrogen-bond donors (Lipinski definition) is 1. The second kappa shape index (κ2) is 5.65. The molecule has 7 heteroatoms. The standard InChI is InChI=1S/C12H25N3O3S/c1-13-5-3-4-12(16,10-13)11-14-6-8-15(9-7-14)19(2,17)18/h16H,3-11H2,1-2H3/t12-/m0/s1. The van der Waals surface area contributed by atoms with Crippen LogP contribution in [0, 0.1) is 0 Å². The molecule has 0 aromatic carbocycles. The van der Waals surface area contributed by atoms with E-state index in [9.17, 15) is 13.5 Å². The van der Waals surface area contributed by atoms with Gasteiger partial charge >= 0.3 is 0 Å². The highest BCUT2D eigenvalue weighted by Crippen LogP contribution is 2.22. The maximum Gasteiger partial charge on any atom is 0.211 e. The number of nitrogens with zero attached hydrogens (tertiary/aromatic N) is 3. The maximum absolute atomic E-state index is 11.4. The third-order valence-electron chi connectivity index (χ3n) is 4.06. The zero-order valence-corrected chi connectivity index (χ0v) is 12.7. The molecular formula is C12H25N3O3S. The van der Waals surface area contributed by atoms with E-state index < -0.39 is 15.6 Å². The van der Waals surface area contributed by atoms with E-state index in [4.69, 9.17) is 0 Å². The molecule has 0 spiro atoms. The van der Waals surface area contributed by atoms with Crippen molar-refractivity contribution >= 4 is 10.0 Å². The van der Waals surface area contributed by atoms with Gasteiger partial charge in [0, 0.05) is 39.3 Å². The summed E-state index contributed by atoms with van der Waals surface area (Å²) in [6.07, 6.45) is 3.12. The van der Waals surface area contributed by atoms with Crippen LogP contribution in [0.15, 0.2) is 0 Å². The SMILES string of the molecule is CN1CCC[C@@](O)(CN2CCN(S(C)(=O)=O)CC2)C1. The first-order valence-electron chi connectivity index (χ1n) is 6.87. The average molecular weight is 291 g/mol. The number of sulfonamides is 1. The predicted molar refractivity (Wildman–Crippen MR) is 74.5 cm³/mol. The third-order valence-corrected chi connectivity index (χ3v) is 5.37. The topological polar surface area (TPSA) is 64.1 Å². The van der Waals surface area contributed by atoms with Crippen molar-refractivity contribution in [3.8, 4) is 0 Å². The fourth-order valence-electron chi connectivity index (χ4n) is 3.10. The molecule has 2 rings (SSSR count). The minimum Gasteiger partial charge on any atom is -0.387 e. The number of piperidine rings is 1. The van der Waals surface area contributed by atoms with Gasteiger partial charge in [-0.25, -0.2) is 8.42 Å². The van der Waals surface area contributed by atoms with Gasteiger partial charge in [-0.3, -0.25) is 4.90 Å². The molecule has 0 aliphatic carbocycles. The lowest BCUT2D eigenvalue weighted by atomic mass is 9.92. The van der Waals surface area contributed by atoms with Crippen LogP contribution < -0.4 is 0 Å². The lowest BCUT2D eigenvalue weighted by Crippen LogP contribution is -2.57. The molecule has 0 saturated carbocycles. The lowest BCUT2D eigenvalue weighted by molar-refractivity contribution is -0.0511. The van der Waals surface area contributed by atoms with E-state index in [-0.39, 0.29) is 0 Å². The van der Waals surface area contributed by atoms with Crippen molar-refractivity contribution in [2.24, 2.45) is 0 Å². The Morgan fingerprint density at radius 3 is 2.32 bits per heavy atom. The quantitative estimate of drug-likeness (QED) is 0.724. The van der Waals surface area contributed by atoms with Crippen molar-refractivity contribution in [1.29, 1.82) is 0 Å². The van der Waals surface area contributed by atoms with Crippen LogP contribution in [0.2, 0.25) is 0 Å². The molecule has 0 radical (unpaired) electrons. The number of aliphatic hydroxyl groups is 1. The number of rotatable bonds is 3. The van der Waals surface area contributed by atoms with Crippen LogP contribution in [-0.2, 0) is 10.0 Å². The van der Waals surface area contributed by atoms with Gasteiger partial charge in [0.05, 0.1) is 11.9 Å². The number of hydrogen-bond acceptors (Lipinski definition) is 5. The monoisotopic (exact) mass is 291 g/mol. The van der Waals surface area contributed by atoms with Crippen LogP contribution in [0.5, 0.6) is 0 Å². The maximum atomic E-state index is 11.4. The van der Waals surface area contributed by atoms with E-state index in [0.29, 0.717) is 39.3 Å². The average Bonchev–Trinajstić information content (AvgIpc) is 2.27. The summed E-state index contributed by atoms with van der Waals surface area (Å²) < 4.78 is 24.4. The molecule has 112 valence electrons. The van der Waals surface area contributed by atoms with Crippen LogP contribution in [0.3, 0.4) is 0 Å². The van der Waals surface area contributed by atoms with E-state index in [2.05, 4.69) is 9.80 Å². The summed E-state index contributed by atoms with van der Waals surface area (Å²) in [5.41, 5.74) is -0.639. The second-order valence-electron chi connectivity index (χ2n) is 6.00. The van der Waals surface area contributed by atoms with Gasteiger partial charge in [-0.1, -0.05) is 0 Å². The van der Waals surface area contributed by atoms with Crippen molar-refractivity contribution in [3.63, 3.8) is 0 Å². The van der Waals surface area contributed by atoms with Gasteiger partial charge in [0.15, 0.2) is 0 Å². The Morgan fingerprint density at radius 2 is 1.79 bits per heavy atom. The number of likely N-dealkylation sites (N-methyl/N-ethyl adjacent to an activating group) is 1. The van der Waals surface area contributed by atoms with Gasteiger partial charge in [0.25, 0.3) is 0 Å². The summed E-state index contributed by atoms with van der Waals surface area (Å²) in [4.78, 5) is 4.34. The molecule has 6 nitrogen and oxygen atoms in total. The van der Waals surface area contributed by atoms with Gasteiger partial charge < -0.3 is 10.0 Å². The largest absolute Gasteiger partial charge is 0.387 e. The first-order chi connectivity index (χ1) is 8.78. The van der Waals surface area contributed by atoms with Crippen molar-refractivity contribution in [3.05, 3.63) is 0 Å². The normalized spacial score (nSPS) is 32.6. The highest BCUT2D eigenvalue weighted by Gasteiger charge is 2.35. The van der Waals surface area contributed by atoms with Crippen molar-refractivity contribution < 1.29 is 13.5 Å². The minimum atomic E-state index is -3.07. The second-order valence-corrected chi connectivity index (χ2v) is 7.99. The summed E-state index contributed by atoms with van der Waals surface area (Å²) >= 11 is 0. The van der Waals surface area contributed by atoms with Crippen molar-refractivity contribution in [2.45, 2.75) is 18.4 Å². The zero-order chi connectivity index (χ0) is 14.1. The Balaban J connectivity index is 1.85. The fourth-order valence-corrected chi connectivity index (χ4v) is 3.93. The third kappa shape index (κ3) is 4.13. The Hall–Kier alpha value is -0.210. The van der Waals surface area contributed by atoms with Gasteiger partial charge in [0.1, 0.15) is 0 Å². The number of β-amino-alcohol motifs (C(OH)–C–C–N with tert-alkyl or cyclic N) is 1. The predicted octanol–water partition coefficient (Wildman–Crippen LogP) is -0.980. The Bertz CT molecular complexity index is 406. The van der Waals surface area contributed by atoms with E-state index in [0.717, 1.165) is 19.4 Å². The summed E-state index contributed by atoms with van der Waals surface area (Å²) in [5, 5.41) is 10.6. The molecule has 2 fully saturated rings. The van der Waals surface area contributed by atoms with Gasteiger partial charge in [-0.15, -0.1) is 0 Å². The molecule has 19 heavy (non-hydrogen) atoms. The number of piperazine rings is 1. The summed E-state index contributed by atoms with van der Waals surface area (Å²) in [6, 6.07) is 0. The fraction of sp³-hybridized carbons (Fsp3) is 1.00. The van der Waals surface area contributed by atoms with Crippen molar-refractivity contribution in [2.75, 3.05) is 59.1 Å². The molecule has 0 amide bonds. The zero-order valence-electron chi connectivity index (χ0n) is 11.9. The Kier molecular flexibility index (Phi) is 4.52. The molecule has 0 aromatic heterocycles. The van der Waals surface area contributed by atoms with Crippen LogP contribution in [-0.4, -0.2) is 92.3 Å². The Morgan fingerprint density at radius 1 is 1.16 bits per heavy atom. The molecule has 0 unspecified atom stereocenters. The number of likely N-dealkylation sites (tertiary alicyclic amines) is 1. The van der Waals surface area contributed by atoms with E-state index in [1.807, 2.05) is 7.05 Å². The van der Waals surface area contributed by atoms with Gasteiger partial charge in [-0.2, -0.15) is 4.31 Å². The highest BCUT2D eigenvalue weighted by atomic mass is 32.2. The molecule has 1 atom stereocenters. The molecule has 2 aliphatic heterocycles. The van der Waals surface area contributed by atoms with Crippen molar-refractivity contribution in [1.82, 2.24) is 14.1 Å². The minimum absolute atomic E-state index is 0.532. The Labute approximate surface area is 116 Å². The van der Waals surface area contributed by atoms with E-state index >= 15 is 0 Å². The highest BCUT2D eigenvalue weighted by molar-refractivity contribution is 7.88. The molecule has 2 heterocycles. The molecule has 2 aliphatic rings. The summed E-state index contributed by atoms with van der Waals surface area (Å²) in [5.74, 6) is 0. The van der Waals surface area contributed by atoms with Gasteiger partial charge in [0.2, 0.25) is 10.0 Å². The van der Waals surface area contributed by atoms with Crippen LogP contribution in [0.4, 0.5) is 0 Å². The molecule has 1 N–H and O–H groups in total. The molecule has 0 bridgehead atoms. The first-order valence-corrected chi connectivity index (χ1v) is 8.72. The van der Waals surface area contributed by atoms with Gasteiger partial charge in [-0.05, 0) is 26.4 Å². The summed E-state index contributed by atoms with van der Waals surface area (Å²) in [7, 11) is -1.04. The lowest BCUT2D eigenvalue weighted by Gasteiger charge is -2.42. The molecular weight excluding hydrogens is 266 g/mol. The molecule has 2 saturated heterocycles. The van der Waals surface area contributed by atoms with Crippen LogP contribution in [0.1, 0.15) is 12.8 Å². The first kappa shape index (κ1) is 15.2. The van der Waals surface area contributed by atoms with Crippen LogP contribution >= 0.6 is 0 Å². The molecule has 0 aromatic rings. The van der Waals surface area contributed by atoms with E-state index in [1.54, 1.807) is 0 Å². The summed E-state index contributed by atoms with van der Waals surface area (Å²) in [6.45, 7) is 4.88. The van der Waals surface area contributed by atoms with Crippen LogP contribution in [0.25, 0.3) is 0 Å².